The highest BCUT2D eigenvalue weighted by atomic mass is 16.2. The van der Waals surface area contributed by atoms with Gasteiger partial charge in [-0.15, -0.1) is 0 Å². The maximum Gasteiger partial charge on any atom is 0.231 e. The molecule has 0 aliphatic carbocycles. The second-order valence-electron chi connectivity index (χ2n) is 5.21. The molecule has 4 nitrogen and oxygen atoms in total. The number of amides is 1. The van der Waals surface area contributed by atoms with Gasteiger partial charge in [0.15, 0.2) is 0 Å². The Kier molecular flexibility index (Phi) is 4.10. The van der Waals surface area contributed by atoms with Crippen LogP contribution in [0.3, 0.4) is 0 Å². The summed E-state index contributed by atoms with van der Waals surface area (Å²) < 4.78 is 0. The van der Waals surface area contributed by atoms with Crippen molar-refractivity contribution in [2.75, 3.05) is 29.4 Å². The second kappa shape index (κ2) is 5.61. The van der Waals surface area contributed by atoms with Crippen molar-refractivity contribution >= 4 is 17.3 Å². The van der Waals surface area contributed by atoms with E-state index in [1.54, 1.807) is 0 Å². The molecule has 2 unspecified atom stereocenters. The summed E-state index contributed by atoms with van der Waals surface area (Å²) in [6.45, 7) is 8.50. The summed E-state index contributed by atoms with van der Waals surface area (Å²) in [5.41, 5.74) is 8.01. The fourth-order valence-electron chi connectivity index (χ4n) is 2.45. The van der Waals surface area contributed by atoms with E-state index in [1.165, 1.54) is 0 Å². The van der Waals surface area contributed by atoms with Crippen molar-refractivity contribution in [3.05, 3.63) is 24.3 Å². The first-order valence-electron chi connectivity index (χ1n) is 6.97. The molecular formula is C15H23N3O. The molecule has 4 heteroatoms. The molecule has 19 heavy (non-hydrogen) atoms. The average molecular weight is 261 g/mol. The van der Waals surface area contributed by atoms with Crippen molar-refractivity contribution in [1.82, 2.24) is 0 Å². The number of nitrogens with two attached hydrogens (primary N) is 1. The molecule has 1 aliphatic heterocycles. The first-order valence-corrected chi connectivity index (χ1v) is 6.97. The van der Waals surface area contributed by atoms with Crippen molar-refractivity contribution in [2.24, 2.45) is 11.7 Å². The molecule has 0 bridgehead atoms. The number of likely N-dealkylation sites (N-methyl/N-ethyl adjacent to an activating group) is 1. The van der Waals surface area contributed by atoms with Gasteiger partial charge in [-0.05, 0) is 26.0 Å². The normalized spacial score (nSPS) is 17.9. The first-order chi connectivity index (χ1) is 9.06. The number of carbonyl (C=O) groups excluding carboxylic acids is 1. The lowest BCUT2D eigenvalue weighted by atomic mass is 10.0. The van der Waals surface area contributed by atoms with E-state index in [-0.39, 0.29) is 17.9 Å². The minimum absolute atomic E-state index is 0.121. The SMILES string of the molecule is CCN1CCN(C(=O)C(C)C(C)N)c2ccccc21. The van der Waals surface area contributed by atoms with E-state index in [4.69, 9.17) is 5.73 Å². The lowest BCUT2D eigenvalue weighted by molar-refractivity contribution is -0.122. The van der Waals surface area contributed by atoms with E-state index in [9.17, 15) is 4.79 Å². The van der Waals surface area contributed by atoms with E-state index in [0.717, 1.165) is 31.0 Å². The van der Waals surface area contributed by atoms with Gasteiger partial charge in [-0.2, -0.15) is 0 Å². The predicted molar refractivity (Wildman–Crippen MR) is 79.5 cm³/mol. The van der Waals surface area contributed by atoms with Crippen LogP contribution < -0.4 is 15.5 Å². The molecule has 2 N–H and O–H groups in total. The molecule has 1 aromatic rings. The molecule has 0 aromatic heterocycles. The van der Waals surface area contributed by atoms with Gasteiger partial charge < -0.3 is 15.5 Å². The minimum atomic E-state index is -0.152. The van der Waals surface area contributed by atoms with Crippen molar-refractivity contribution in [1.29, 1.82) is 0 Å². The number of fused-ring (bicyclic) bond motifs is 1. The van der Waals surface area contributed by atoms with E-state index in [2.05, 4.69) is 17.9 Å². The second-order valence-corrected chi connectivity index (χ2v) is 5.21. The zero-order valence-corrected chi connectivity index (χ0v) is 12.0. The van der Waals surface area contributed by atoms with Crippen LogP contribution >= 0.6 is 0 Å². The van der Waals surface area contributed by atoms with Crippen molar-refractivity contribution in [3.63, 3.8) is 0 Å². The van der Waals surface area contributed by atoms with E-state index in [1.807, 2.05) is 36.9 Å². The van der Waals surface area contributed by atoms with Crippen molar-refractivity contribution in [2.45, 2.75) is 26.8 Å². The van der Waals surface area contributed by atoms with Crippen LogP contribution in [0.1, 0.15) is 20.8 Å². The standard InChI is InChI=1S/C15H23N3O/c1-4-17-9-10-18(15(19)11(2)12(3)16)14-8-6-5-7-13(14)17/h5-8,11-12H,4,9-10,16H2,1-3H3. The van der Waals surface area contributed by atoms with Crippen LogP contribution in [-0.4, -0.2) is 31.6 Å². The van der Waals surface area contributed by atoms with Crippen molar-refractivity contribution in [3.8, 4) is 0 Å². The van der Waals surface area contributed by atoms with Gasteiger partial charge >= 0.3 is 0 Å². The predicted octanol–water partition coefficient (Wildman–Crippen LogP) is 1.84. The Morgan fingerprint density at radius 1 is 1.26 bits per heavy atom. The van der Waals surface area contributed by atoms with E-state index < -0.39 is 0 Å². The third-order valence-electron chi connectivity index (χ3n) is 3.93. The number of hydrogen-bond acceptors (Lipinski definition) is 3. The Hall–Kier alpha value is -1.55. The van der Waals surface area contributed by atoms with Gasteiger partial charge in [0.1, 0.15) is 0 Å². The molecule has 0 spiro atoms. The minimum Gasteiger partial charge on any atom is -0.368 e. The molecule has 2 atom stereocenters. The summed E-state index contributed by atoms with van der Waals surface area (Å²) >= 11 is 0. The Labute approximate surface area is 115 Å². The number of anilines is 2. The van der Waals surface area contributed by atoms with Gasteiger partial charge in [-0.25, -0.2) is 0 Å². The van der Waals surface area contributed by atoms with Crippen LogP contribution in [0, 0.1) is 5.92 Å². The van der Waals surface area contributed by atoms with Crippen LogP contribution in [-0.2, 0) is 4.79 Å². The van der Waals surface area contributed by atoms with Gasteiger partial charge in [0.25, 0.3) is 0 Å². The Morgan fingerprint density at radius 3 is 2.47 bits per heavy atom. The fraction of sp³-hybridized carbons (Fsp3) is 0.533. The van der Waals surface area contributed by atoms with Crippen LogP contribution in [0.2, 0.25) is 0 Å². The van der Waals surface area contributed by atoms with Crippen molar-refractivity contribution < 1.29 is 4.79 Å². The molecule has 1 aromatic carbocycles. The van der Waals surface area contributed by atoms with Gasteiger partial charge in [0, 0.05) is 25.7 Å². The number of carbonyl (C=O) groups is 1. The highest BCUT2D eigenvalue weighted by Crippen LogP contribution is 2.33. The maximum atomic E-state index is 12.5. The van der Waals surface area contributed by atoms with Gasteiger partial charge in [-0.1, -0.05) is 19.1 Å². The lowest BCUT2D eigenvalue weighted by Crippen LogP contribution is -2.48. The molecule has 0 radical (unpaired) electrons. The Morgan fingerprint density at radius 2 is 1.89 bits per heavy atom. The van der Waals surface area contributed by atoms with Crippen LogP contribution in [0.5, 0.6) is 0 Å². The number of para-hydroxylation sites is 2. The van der Waals surface area contributed by atoms with Gasteiger partial charge in [-0.3, -0.25) is 4.79 Å². The smallest absolute Gasteiger partial charge is 0.231 e. The zero-order valence-electron chi connectivity index (χ0n) is 12.0. The third-order valence-corrected chi connectivity index (χ3v) is 3.93. The average Bonchev–Trinajstić information content (AvgIpc) is 2.44. The summed E-state index contributed by atoms with van der Waals surface area (Å²) in [5, 5.41) is 0. The number of hydrogen-bond donors (Lipinski definition) is 1. The first kappa shape index (κ1) is 13.9. The Bertz CT molecular complexity index is 458. The highest BCUT2D eigenvalue weighted by molar-refractivity contribution is 5.99. The summed E-state index contributed by atoms with van der Waals surface area (Å²) in [7, 11) is 0. The van der Waals surface area contributed by atoms with E-state index >= 15 is 0 Å². The molecule has 0 saturated heterocycles. The number of rotatable bonds is 3. The topological polar surface area (TPSA) is 49.6 Å². The zero-order chi connectivity index (χ0) is 14.0. The fourth-order valence-corrected chi connectivity index (χ4v) is 2.45. The molecule has 2 rings (SSSR count). The quantitative estimate of drug-likeness (QED) is 0.903. The third kappa shape index (κ3) is 2.59. The van der Waals surface area contributed by atoms with Gasteiger partial charge in [0.05, 0.1) is 17.3 Å². The molecule has 1 aliphatic rings. The largest absolute Gasteiger partial charge is 0.368 e. The molecule has 1 heterocycles. The number of benzene rings is 1. The number of nitrogens with zero attached hydrogens (tertiary/aromatic N) is 2. The maximum absolute atomic E-state index is 12.5. The summed E-state index contributed by atoms with van der Waals surface area (Å²) in [6.07, 6.45) is 0. The van der Waals surface area contributed by atoms with Crippen LogP contribution in [0.15, 0.2) is 24.3 Å². The van der Waals surface area contributed by atoms with Crippen LogP contribution in [0.25, 0.3) is 0 Å². The molecule has 0 saturated carbocycles. The summed E-state index contributed by atoms with van der Waals surface area (Å²) in [4.78, 5) is 16.7. The highest BCUT2D eigenvalue weighted by Gasteiger charge is 2.29. The molecule has 104 valence electrons. The molecular weight excluding hydrogens is 238 g/mol. The lowest BCUT2D eigenvalue weighted by Gasteiger charge is -2.38. The Balaban J connectivity index is 2.32. The summed E-state index contributed by atoms with van der Waals surface area (Å²) in [5.74, 6) is -0.0283. The molecule has 1 amide bonds. The van der Waals surface area contributed by atoms with Gasteiger partial charge in [0.2, 0.25) is 5.91 Å². The van der Waals surface area contributed by atoms with E-state index in [0.29, 0.717) is 0 Å². The monoisotopic (exact) mass is 261 g/mol. The molecule has 0 fully saturated rings. The van der Waals surface area contributed by atoms with Crippen LogP contribution in [0.4, 0.5) is 11.4 Å². The summed E-state index contributed by atoms with van der Waals surface area (Å²) in [6, 6.07) is 7.97.